The second kappa shape index (κ2) is 8.88. The lowest BCUT2D eigenvalue weighted by atomic mass is 10.1. The van der Waals surface area contributed by atoms with Gasteiger partial charge >= 0.3 is 0 Å². The molecule has 0 N–H and O–H groups in total. The van der Waals surface area contributed by atoms with Gasteiger partial charge in [0.25, 0.3) is 0 Å². The molecule has 2 aromatic rings. The predicted molar refractivity (Wildman–Crippen MR) is 103 cm³/mol. The van der Waals surface area contributed by atoms with Gasteiger partial charge < -0.3 is 9.47 Å². The van der Waals surface area contributed by atoms with E-state index in [1.807, 2.05) is 0 Å². The lowest BCUT2D eigenvalue weighted by molar-refractivity contribution is 0.100. The van der Waals surface area contributed by atoms with Gasteiger partial charge in [0.05, 0.1) is 11.1 Å². The number of benzene rings is 2. The van der Waals surface area contributed by atoms with Crippen LogP contribution in [0.5, 0.6) is 11.5 Å². The molecule has 6 heteroatoms. The smallest absolute Gasteiger partial charge is 0.163 e. The van der Waals surface area contributed by atoms with Crippen molar-refractivity contribution in [2.75, 3.05) is 13.2 Å². The van der Waals surface area contributed by atoms with Crippen LogP contribution in [-0.2, 0) is 0 Å². The van der Waals surface area contributed by atoms with Crippen LogP contribution in [0.2, 0.25) is 10.0 Å². The minimum absolute atomic E-state index is 0.142. The van der Waals surface area contributed by atoms with Crippen LogP contribution in [0.1, 0.15) is 34.6 Å². The number of Topliss-reactive ketones (excluding diaryl/α,β-unsaturated/α-hetero) is 2. The van der Waals surface area contributed by atoms with E-state index in [1.165, 1.54) is 13.8 Å². The highest BCUT2D eigenvalue weighted by molar-refractivity contribution is 6.31. The lowest BCUT2D eigenvalue weighted by Gasteiger charge is -2.14. The van der Waals surface area contributed by atoms with E-state index in [4.69, 9.17) is 32.7 Å². The Morgan fingerprint density at radius 1 is 0.846 bits per heavy atom. The standard InChI is InChI=1S/C20H18Cl2O4/c1-12(10-25-19-6-4-15(21)8-17(19)13(2)23)11-26-20-7-5-16(22)9-18(20)14(3)24/h4-9H,1,10-11H2,2-3H3. The number of carbonyl (C=O) groups excluding carboxylic acids is 2. The van der Waals surface area contributed by atoms with E-state index in [0.717, 1.165) is 0 Å². The Morgan fingerprint density at radius 3 is 1.58 bits per heavy atom. The molecule has 136 valence electrons. The summed E-state index contributed by atoms with van der Waals surface area (Å²) in [6.45, 7) is 7.10. The van der Waals surface area contributed by atoms with Crippen molar-refractivity contribution < 1.29 is 19.1 Å². The first-order valence-electron chi connectivity index (χ1n) is 7.81. The highest BCUT2D eigenvalue weighted by atomic mass is 35.5. The number of carbonyl (C=O) groups is 2. The van der Waals surface area contributed by atoms with Gasteiger partial charge in [-0.05, 0) is 55.8 Å². The molecule has 0 aliphatic heterocycles. The molecule has 0 aliphatic carbocycles. The van der Waals surface area contributed by atoms with E-state index in [-0.39, 0.29) is 24.8 Å². The Bertz CT molecular complexity index is 789. The van der Waals surface area contributed by atoms with E-state index < -0.39 is 0 Å². The summed E-state index contributed by atoms with van der Waals surface area (Å²) in [5.41, 5.74) is 1.45. The minimum atomic E-state index is -0.142. The molecule has 0 aromatic heterocycles. The van der Waals surface area contributed by atoms with Crippen LogP contribution in [0.3, 0.4) is 0 Å². The molecule has 0 unspecified atom stereocenters. The first-order chi connectivity index (χ1) is 12.3. The van der Waals surface area contributed by atoms with Gasteiger partial charge in [0.15, 0.2) is 11.6 Å². The zero-order chi connectivity index (χ0) is 19.3. The van der Waals surface area contributed by atoms with E-state index in [0.29, 0.717) is 38.2 Å². The van der Waals surface area contributed by atoms with E-state index in [2.05, 4.69) is 6.58 Å². The molecule has 2 rings (SSSR count). The molecule has 4 nitrogen and oxygen atoms in total. The number of hydrogen-bond donors (Lipinski definition) is 0. The van der Waals surface area contributed by atoms with Gasteiger partial charge in [0.1, 0.15) is 24.7 Å². The summed E-state index contributed by atoms with van der Waals surface area (Å²) in [4.78, 5) is 23.3. The van der Waals surface area contributed by atoms with Crippen molar-refractivity contribution in [3.8, 4) is 11.5 Å². The highest BCUT2D eigenvalue weighted by Crippen LogP contribution is 2.25. The van der Waals surface area contributed by atoms with Gasteiger partial charge in [0, 0.05) is 10.0 Å². The fourth-order valence-corrected chi connectivity index (χ4v) is 2.55. The number of ether oxygens (including phenoxy) is 2. The van der Waals surface area contributed by atoms with E-state index in [1.54, 1.807) is 36.4 Å². The second-order valence-electron chi connectivity index (χ2n) is 5.72. The molecule has 0 aliphatic rings. The number of ketones is 2. The van der Waals surface area contributed by atoms with Crippen LogP contribution in [0.4, 0.5) is 0 Å². The normalized spacial score (nSPS) is 10.3. The Hall–Kier alpha value is -2.30. The molecule has 0 spiro atoms. The monoisotopic (exact) mass is 392 g/mol. The topological polar surface area (TPSA) is 52.6 Å². The second-order valence-corrected chi connectivity index (χ2v) is 6.59. The quantitative estimate of drug-likeness (QED) is 0.444. The van der Waals surface area contributed by atoms with Crippen molar-refractivity contribution in [2.24, 2.45) is 0 Å². The van der Waals surface area contributed by atoms with Crippen molar-refractivity contribution in [1.82, 2.24) is 0 Å². The summed E-state index contributed by atoms with van der Waals surface area (Å²) in [5, 5.41) is 0.924. The third kappa shape index (κ3) is 5.35. The average Bonchev–Trinajstić information content (AvgIpc) is 2.59. The van der Waals surface area contributed by atoms with Crippen LogP contribution in [-0.4, -0.2) is 24.8 Å². The summed E-state index contributed by atoms with van der Waals surface area (Å²) in [6.07, 6.45) is 0. The molecule has 26 heavy (non-hydrogen) atoms. The van der Waals surface area contributed by atoms with Gasteiger partial charge in [0.2, 0.25) is 0 Å². The third-order valence-corrected chi connectivity index (χ3v) is 3.98. The van der Waals surface area contributed by atoms with Crippen LogP contribution in [0, 0.1) is 0 Å². The summed E-state index contributed by atoms with van der Waals surface area (Å²) < 4.78 is 11.3. The Morgan fingerprint density at radius 2 is 1.23 bits per heavy atom. The molecular formula is C20H18Cl2O4. The van der Waals surface area contributed by atoms with Gasteiger partial charge in [-0.2, -0.15) is 0 Å². The van der Waals surface area contributed by atoms with Crippen molar-refractivity contribution in [3.05, 3.63) is 69.7 Å². The molecule has 0 atom stereocenters. The first kappa shape index (κ1) is 20.0. The average molecular weight is 393 g/mol. The molecule has 0 bridgehead atoms. The van der Waals surface area contributed by atoms with Crippen LogP contribution in [0.15, 0.2) is 48.6 Å². The van der Waals surface area contributed by atoms with Crippen molar-refractivity contribution in [1.29, 1.82) is 0 Å². The lowest BCUT2D eigenvalue weighted by Crippen LogP contribution is -2.11. The zero-order valence-corrected chi connectivity index (χ0v) is 16.0. The molecule has 0 saturated heterocycles. The molecule has 2 aromatic carbocycles. The summed E-state index contributed by atoms with van der Waals surface area (Å²) in [7, 11) is 0. The molecule has 0 saturated carbocycles. The largest absolute Gasteiger partial charge is 0.488 e. The summed E-state index contributed by atoms with van der Waals surface area (Å²) in [5.74, 6) is 0.575. The summed E-state index contributed by atoms with van der Waals surface area (Å²) >= 11 is 11.8. The third-order valence-electron chi connectivity index (χ3n) is 3.51. The van der Waals surface area contributed by atoms with Gasteiger partial charge in [-0.3, -0.25) is 9.59 Å². The van der Waals surface area contributed by atoms with Crippen molar-refractivity contribution in [2.45, 2.75) is 13.8 Å². The fourth-order valence-electron chi connectivity index (χ4n) is 2.21. The van der Waals surface area contributed by atoms with E-state index in [9.17, 15) is 9.59 Å². The molecule has 0 fully saturated rings. The fraction of sp³-hybridized carbons (Fsp3) is 0.200. The predicted octanol–water partition coefficient (Wildman–Crippen LogP) is 5.41. The Kier molecular flexibility index (Phi) is 6.83. The maximum Gasteiger partial charge on any atom is 0.163 e. The molecule has 0 heterocycles. The van der Waals surface area contributed by atoms with Crippen molar-refractivity contribution in [3.63, 3.8) is 0 Å². The molecule has 0 amide bonds. The Labute approximate surface area is 162 Å². The number of halogens is 2. The van der Waals surface area contributed by atoms with Crippen LogP contribution >= 0.6 is 23.2 Å². The number of hydrogen-bond acceptors (Lipinski definition) is 4. The van der Waals surface area contributed by atoms with Crippen LogP contribution in [0.25, 0.3) is 0 Å². The van der Waals surface area contributed by atoms with Gasteiger partial charge in [-0.15, -0.1) is 0 Å². The molecule has 0 radical (unpaired) electrons. The van der Waals surface area contributed by atoms with Crippen LogP contribution < -0.4 is 9.47 Å². The summed E-state index contributed by atoms with van der Waals surface area (Å²) in [6, 6.07) is 9.70. The maximum absolute atomic E-state index is 11.7. The zero-order valence-electron chi connectivity index (χ0n) is 14.5. The van der Waals surface area contributed by atoms with Gasteiger partial charge in [-0.25, -0.2) is 0 Å². The first-order valence-corrected chi connectivity index (χ1v) is 8.56. The molecular weight excluding hydrogens is 375 g/mol. The minimum Gasteiger partial charge on any atom is -0.488 e. The number of rotatable bonds is 8. The SMILES string of the molecule is C=C(COc1ccc(Cl)cc1C(C)=O)COc1ccc(Cl)cc1C(C)=O. The van der Waals surface area contributed by atoms with Gasteiger partial charge in [-0.1, -0.05) is 29.8 Å². The maximum atomic E-state index is 11.7. The Balaban J connectivity index is 1.99. The van der Waals surface area contributed by atoms with E-state index >= 15 is 0 Å². The highest BCUT2D eigenvalue weighted by Gasteiger charge is 2.12. The van der Waals surface area contributed by atoms with Crippen molar-refractivity contribution >= 4 is 34.8 Å².